The summed E-state index contributed by atoms with van der Waals surface area (Å²) in [5.41, 5.74) is 2.53. The molecular formula is C15H16O3. The molecule has 0 bridgehead atoms. The second kappa shape index (κ2) is 5.00. The Kier molecular flexibility index (Phi) is 3.42. The molecule has 0 aromatic heterocycles. The van der Waals surface area contributed by atoms with Gasteiger partial charge in [-0.05, 0) is 29.7 Å². The van der Waals surface area contributed by atoms with Gasteiger partial charge >= 0.3 is 0 Å². The van der Waals surface area contributed by atoms with Crippen LogP contribution in [0.5, 0.6) is 17.2 Å². The molecule has 0 amide bonds. The number of phenols is 3. The van der Waals surface area contributed by atoms with E-state index in [1.165, 1.54) is 6.07 Å². The molecule has 2 aromatic rings. The Morgan fingerprint density at radius 2 is 1.56 bits per heavy atom. The third-order valence-electron chi connectivity index (χ3n) is 2.96. The molecule has 0 aliphatic carbocycles. The van der Waals surface area contributed by atoms with Crippen LogP contribution in [0.25, 0.3) is 11.1 Å². The molecule has 0 spiro atoms. The number of rotatable bonds is 3. The standard InChI is InChI=1S/C15H16O3/c1-2-5-10-6-3-4-7-11(10)12-8-9-13(16)15(18)14(12)17/h3-4,6-9,16-18H,2,5H2,1H3. The number of phenolic OH excluding ortho intramolecular Hbond substituents is 3. The molecule has 18 heavy (non-hydrogen) atoms. The topological polar surface area (TPSA) is 60.7 Å². The zero-order chi connectivity index (χ0) is 13.1. The van der Waals surface area contributed by atoms with Gasteiger partial charge in [-0.3, -0.25) is 0 Å². The summed E-state index contributed by atoms with van der Waals surface area (Å²) >= 11 is 0. The SMILES string of the molecule is CCCc1ccccc1-c1ccc(O)c(O)c1O. The maximum atomic E-state index is 9.91. The summed E-state index contributed by atoms with van der Waals surface area (Å²) in [7, 11) is 0. The smallest absolute Gasteiger partial charge is 0.200 e. The van der Waals surface area contributed by atoms with Crippen LogP contribution < -0.4 is 0 Å². The molecular weight excluding hydrogens is 228 g/mol. The number of hydrogen-bond acceptors (Lipinski definition) is 3. The zero-order valence-corrected chi connectivity index (χ0v) is 10.2. The van der Waals surface area contributed by atoms with Crippen molar-refractivity contribution in [1.82, 2.24) is 0 Å². The molecule has 0 heterocycles. The van der Waals surface area contributed by atoms with Gasteiger partial charge in [0.2, 0.25) is 5.75 Å². The van der Waals surface area contributed by atoms with Gasteiger partial charge in [-0.15, -0.1) is 0 Å². The first-order valence-corrected chi connectivity index (χ1v) is 5.97. The fourth-order valence-corrected chi connectivity index (χ4v) is 2.06. The van der Waals surface area contributed by atoms with Gasteiger partial charge in [0, 0.05) is 5.56 Å². The Morgan fingerprint density at radius 1 is 0.833 bits per heavy atom. The first kappa shape index (κ1) is 12.3. The Labute approximate surface area is 106 Å². The molecule has 3 nitrogen and oxygen atoms in total. The summed E-state index contributed by atoms with van der Waals surface area (Å²) in [6, 6.07) is 10.7. The van der Waals surface area contributed by atoms with Crippen molar-refractivity contribution < 1.29 is 15.3 Å². The first-order valence-electron chi connectivity index (χ1n) is 5.97. The van der Waals surface area contributed by atoms with Crippen molar-refractivity contribution in [3.05, 3.63) is 42.0 Å². The highest BCUT2D eigenvalue weighted by Crippen LogP contribution is 2.43. The predicted molar refractivity (Wildman–Crippen MR) is 70.9 cm³/mol. The van der Waals surface area contributed by atoms with Crippen molar-refractivity contribution >= 4 is 0 Å². The van der Waals surface area contributed by atoms with E-state index in [4.69, 9.17) is 0 Å². The average molecular weight is 244 g/mol. The molecule has 3 heteroatoms. The summed E-state index contributed by atoms with van der Waals surface area (Å²) in [4.78, 5) is 0. The van der Waals surface area contributed by atoms with Crippen LogP contribution in [0.4, 0.5) is 0 Å². The quantitative estimate of drug-likeness (QED) is 0.725. The highest BCUT2D eigenvalue weighted by Gasteiger charge is 2.14. The van der Waals surface area contributed by atoms with Gasteiger partial charge in [0.05, 0.1) is 0 Å². The van der Waals surface area contributed by atoms with Crippen LogP contribution in [0.15, 0.2) is 36.4 Å². The van der Waals surface area contributed by atoms with Crippen LogP contribution in [0, 0.1) is 0 Å². The van der Waals surface area contributed by atoms with Crippen LogP contribution in [0.3, 0.4) is 0 Å². The lowest BCUT2D eigenvalue weighted by molar-refractivity contribution is 0.369. The minimum atomic E-state index is -0.473. The summed E-state index contributed by atoms with van der Waals surface area (Å²) in [6.45, 7) is 2.09. The lowest BCUT2D eigenvalue weighted by Crippen LogP contribution is -1.89. The fraction of sp³-hybridized carbons (Fsp3) is 0.200. The highest BCUT2D eigenvalue weighted by atomic mass is 16.3. The van der Waals surface area contributed by atoms with Gasteiger partial charge in [-0.2, -0.15) is 0 Å². The largest absolute Gasteiger partial charge is 0.504 e. The Morgan fingerprint density at radius 3 is 2.28 bits per heavy atom. The van der Waals surface area contributed by atoms with E-state index >= 15 is 0 Å². The van der Waals surface area contributed by atoms with Crippen molar-refractivity contribution in [2.24, 2.45) is 0 Å². The van der Waals surface area contributed by atoms with Crippen LogP contribution in [0.1, 0.15) is 18.9 Å². The Bertz CT molecular complexity index is 562. The summed E-state index contributed by atoms with van der Waals surface area (Å²) in [5.74, 6) is -1.07. The van der Waals surface area contributed by atoms with E-state index in [1.807, 2.05) is 24.3 Å². The van der Waals surface area contributed by atoms with Gasteiger partial charge in [-0.1, -0.05) is 37.6 Å². The normalized spacial score (nSPS) is 10.5. The molecule has 0 radical (unpaired) electrons. The number of hydrogen-bond donors (Lipinski definition) is 3. The van der Waals surface area contributed by atoms with Crippen molar-refractivity contribution in [2.45, 2.75) is 19.8 Å². The Balaban J connectivity index is 2.59. The average Bonchev–Trinajstić information content (AvgIpc) is 2.38. The van der Waals surface area contributed by atoms with Crippen molar-refractivity contribution in [3.8, 4) is 28.4 Å². The molecule has 2 rings (SSSR count). The van der Waals surface area contributed by atoms with E-state index < -0.39 is 5.75 Å². The molecule has 0 aliphatic heterocycles. The highest BCUT2D eigenvalue weighted by molar-refractivity contribution is 5.77. The molecule has 94 valence electrons. The van der Waals surface area contributed by atoms with Crippen LogP contribution in [-0.4, -0.2) is 15.3 Å². The third-order valence-corrected chi connectivity index (χ3v) is 2.96. The monoisotopic (exact) mass is 244 g/mol. The summed E-state index contributed by atoms with van der Waals surface area (Å²) in [5, 5.41) is 28.8. The maximum Gasteiger partial charge on any atom is 0.200 e. The summed E-state index contributed by atoms with van der Waals surface area (Å²) < 4.78 is 0. The van der Waals surface area contributed by atoms with Crippen LogP contribution in [-0.2, 0) is 6.42 Å². The zero-order valence-electron chi connectivity index (χ0n) is 10.2. The second-order valence-corrected chi connectivity index (χ2v) is 4.24. The van der Waals surface area contributed by atoms with Crippen molar-refractivity contribution in [2.75, 3.05) is 0 Å². The molecule has 0 fully saturated rings. The van der Waals surface area contributed by atoms with E-state index in [2.05, 4.69) is 6.92 Å². The van der Waals surface area contributed by atoms with Gasteiger partial charge in [0.1, 0.15) is 0 Å². The lowest BCUT2D eigenvalue weighted by atomic mass is 9.96. The van der Waals surface area contributed by atoms with E-state index in [1.54, 1.807) is 6.07 Å². The minimum absolute atomic E-state index is 0.279. The lowest BCUT2D eigenvalue weighted by Gasteiger charge is -2.12. The van der Waals surface area contributed by atoms with Crippen molar-refractivity contribution in [1.29, 1.82) is 0 Å². The van der Waals surface area contributed by atoms with E-state index in [0.717, 1.165) is 24.0 Å². The minimum Gasteiger partial charge on any atom is -0.504 e. The number of benzene rings is 2. The third kappa shape index (κ3) is 2.12. The predicted octanol–water partition coefficient (Wildman–Crippen LogP) is 3.42. The number of aromatic hydroxyl groups is 3. The van der Waals surface area contributed by atoms with Gasteiger partial charge < -0.3 is 15.3 Å². The van der Waals surface area contributed by atoms with Gasteiger partial charge in [0.15, 0.2) is 11.5 Å². The number of aryl methyl sites for hydroxylation is 1. The molecule has 0 saturated heterocycles. The van der Waals surface area contributed by atoms with Gasteiger partial charge in [0.25, 0.3) is 0 Å². The summed E-state index contributed by atoms with van der Waals surface area (Å²) in [6.07, 6.45) is 1.90. The molecule has 0 unspecified atom stereocenters. The van der Waals surface area contributed by atoms with E-state index in [9.17, 15) is 15.3 Å². The first-order chi connectivity index (χ1) is 8.65. The van der Waals surface area contributed by atoms with Gasteiger partial charge in [-0.25, -0.2) is 0 Å². The molecule has 2 aromatic carbocycles. The van der Waals surface area contributed by atoms with E-state index in [-0.39, 0.29) is 11.5 Å². The molecule has 0 aliphatic rings. The van der Waals surface area contributed by atoms with Crippen LogP contribution in [0.2, 0.25) is 0 Å². The van der Waals surface area contributed by atoms with Crippen LogP contribution >= 0.6 is 0 Å². The molecule has 3 N–H and O–H groups in total. The van der Waals surface area contributed by atoms with E-state index in [0.29, 0.717) is 5.56 Å². The Hall–Kier alpha value is -2.16. The van der Waals surface area contributed by atoms with Crippen molar-refractivity contribution in [3.63, 3.8) is 0 Å². The second-order valence-electron chi connectivity index (χ2n) is 4.24. The fourth-order valence-electron chi connectivity index (χ4n) is 2.06. The molecule has 0 atom stereocenters. The maximum absolute atomic E-state index is 9.91. The molecule has 0 saturated carbocycles.